The molecule has 12 heavy (non-hydrogen) atoms. The fourth-order valence-electron chi connectivity index (χ4n) is 0.361. The predicted octanol–water partition coefficient (Wildman–Crippen LogP) is 3.17. The van der Waals surface area contributed by atoms with Gasteiger partial charge in [0.05, 0.1) is 0 Å². The van der Waals surface area contributed by atoms with Gasteiger partial charge in [-0.25, -0.2) is 0 Å². The molecule has 0 aliphatic heterocycles. The summed E-state index contributed by atoms with van der Waals surface area (Å²) in [5.41, 5.74) is 0. The second-order valence-corrected chi connectivity index (χ2v) is 2.89. The lowest BCUT2D eigenvalue weighted by Crippen LogP contribution is -1.78. The molecule has 0 radical (unpaired) electrons. The molecule has 0 aromatic carbocycles. The Morgan fingerprint density at radius 2 is 1.92 bits per heavy atom. The molecule has 0 saturated carbocycles. The molecule has 0 bridgehead atoms. The van der Waals surface area contributed by atoms with Gasteiger partial charge in [0.2, 0.25) is 0 Å². The van der Waals surface area contributed by atoms with Crippen molar-refractivity contribution in [1.29, 1.82) is 0 Å². The fraction of sp³-hybridized carbons (Fsp3) is 0.444. The molecule has 0 fully saturated rings. The van der Waals surface area contributed by atoms with Gasteiger partial charge in [0.15, 0.2) is 0 Å². The molecular weight excluding hydrogens is 172 g/mol. The summed E-state index contributed by atoms with van der Waals surface area (Å²) in [6, 6.07) is 4.16. The zero-order valence-electron chi connectivity index (χ0n) is 8.00. The van der Waals surface area contributed by atoms with Crippen molar-refractivity contribution >= 4 is 17.3 Å². The molecule has 70 valence electrons. The number of hydrogen-bond donors (Lipinski definition) is 1. The van der Waals surface area contributed by atoms with E-state index in [4.69, 9.17) is 9.90 Å². The largest absolute Gasteiger partial charge is 0.481 e. The molecule has 1 heterocycles. The van der Waals surface area contributed by atoms with Crippen molar-refractivity contribution in [2.75, 3.05) is 0 Å². The van der Waals surface area contributed by atoms with Gasteiger partial charge in [-0.3, -0.25) is 4.79 Å². The van der Waals surface area contributed by atoms with Crippen LogP contribution in [0.3, 0.4) is 0 Å². The number of aryl methyl sites for hydroxylation is 1. The van der Waals surface area contributed by atoms with Crippen molar-refractivity contribution in [3.63, 3.8) is 0 Å². The highest BCUT2D eigenvalue weighted by molar-refractivity contribution is 7.09. The Morgan fingerprint density at radius 1 is 1.50 bits per heavy atom. The van der Waals surface area contributed by atoms with Crippen molar-refractivity contribution in [2.45, 2.75) is 27.7 Å². The summed E-state index contributed by atoms with van der Waals surface area (Å²) in [5.74, 6) is -0.833. The van der Waals surface area contributed by atoms with Gasteiger partial charge in [0.25, 0.3) is 5.97 Å². The maximum absolute atomic E-state index is 9.00. The molecule has 2 nitrogen and oxygen atoms in total. The molecule has 1 N–H and O–H groups in total. The molecule has 0 aliphatic rings. The molecule has 0 saturated heterocycles. The van der Waals surface area contributed by atoms with Crippen LogP contribution in [-0.4, -0.2) is 11.1 Å². The molecule has 1 aromatic heterocycles. The van der Waals surface area contributed by atoms with E-state index in [-0.39, 0.29) is 0 Å². The third-order valence-corrected chi connectivity index (χ3v) is 1.46. The number of hydrogen-bond acceptors (Lipinski definition) is 2. The summed E-state index contributed by atoms with van der Waals surface area (Å²) in [5, 5.41) is 9.50. The van der Waals surface area contributed by atoms with Gasteiger partial charge in [-0.1, -0.05) is 19.9 Å². The van der Waals surface area contributed by atoms with Gasteiger partial charge in [0.1, 0.15) is 0 Å². The van der Waals surface area contributed by atoms with E-state index in [1.807, 2.05) is 13.8 Å². The minimum absolute atomic E-state index is 0.833. The first-order valence-electron chi connectivity index (χ1n) is 3.82. The van der Waals surface area contributed by atoms with E-state index in [2.05, 4.69) is 24.4 Å². The standard InChI is InChI=1S/C5H6S.C2H4O2.C2H6/c1-5-3-2-4-6-5;1-2(3)4;1-2/h2-4H,1H3;1H3,(H,3,4);1-2H3. The Hall–Kier alpha value is -0.830. The maximum Gasteiger partial charge on any atom is 0.300 e. The van der Waals surface area contributed by atoms with Gasteiger partial charge in [-0.15, -0.1) is 11.3 Å². The monoisotopic (exact) mass is 188 g/mol. The van der Waals surface area contributed by atoms with Crippen LogP contribution < -0.4 is 0 Å². The summed E-state index contributed by atoms with van der Waals surface area (Å²) in [4.78, 5) is 10.4. The zero-order chi connectivity index (χ0) is 9.98. The van der Waals surface area contributed by atoms with E-state index in [9.17, 15) is 0 Å². The van der Waals surface area contributed by atoms with Crippen molar-refractivity contribution in [3.05, 3.63) is 22.4 Å². The summed E-state index contributed by atoms with van der Waals surface area (Å²) in [7, 11) is 0. The average molecular weight is 188 g/mol. The second kappa shape index (κ2) is 10.2. The van der Waals surface area contributed by atoms with Crippen LogP contribution >= 0.6 is 11.3 Å². The van der Waals surface area contributed by atoms with Crippen molar-refractivity contribution < 1.29 is 9.90 Å². The lowest BCUT2D eigenvalue weighted by molar-refractivity contribution is -0.134. The maximum atomic E-state index is 9.00. The van der Waals surface area contributed by atoms with Crippen LogP contribution in [0.15, 0.2) is 17.5 Å². The van der Waals surface area contributed by atoms with Gasteiger partial charge in [-0.05, 0) is 18.4 Å². The first-order chi connectivity index (χ1) is 5.63. The highest BCUT2D eigenvalue weighted by Gasteiger charge is 1.74. The zero-order valence-corrected chi connectivity index (χ0v) is 8.81. The predicted molar refractivity (Wildman–Crippen MR) is 53.7 cm³/mol. The molecule has 0 spiro atoms. The van der Waals surface area contributed by atoms with Crippen molar-refractivity contribution in [2.24, 2.45) is 0 Å². The number of thiophene rings is 1. The van der Waals surface area contributed by atoms with E-state index in [1.165, 1.54) is 4.88 Å². The summed E-state index contributed by atoms with van der Waals surface area (Å²) < 4.78 is 0. The molecule has 0 aliphatic carbocycles. The van der Waals surface area contributed by atoms with Crippen LogP contribution in [0.25, 0.3) is 0 Å². The quantitative estimate of drug-likeness (QED) is 0.679. The topological polar surface area (TPSA) is 37.3 Å². The molecule has 0 unspecified atom stereocenters. The molecule has 1 rings (SSSR count). The van der Waals surface area contributed by atoms with Gasteiger partial charge < -0.3 is 5.11 Å². The number of carboxylic acids is 1. The number of carboxylic acid groups (broad SMARTS) is 1. The Labute approximate surface area is 77.9 Å². The highest BCUT2D eigenvalue weighted by atomic mass is 32.1. The summed E-state index contributed by atoms with van der Waals surface area (Å²) in [6.45, 7) is 7.19. The van der Waals surface area contributed by atoms with Gasteiger partial charge in [-0.2, -0.15) is 0 Å². The second-order valence-electron chi connectivity index (χ2n) is 1.74. The third kappa shape index (κ3) is 16.1. The minimum atomic E-state index is -0.833. The van der Waals surface area contributed by atoms with Crippen LogP contribution in [-0.2, 0) is 4.79 Å². The van der Waals surface area contributed by atoms with Crippen LogP contribution in [0.1, 0.15) is 25.6 Å². The first-order valence-corrected chi connectivity index (χ1v) is 4.70. The van der Waals surface area contributed by atoms with Crippen molar-refractivity contribution in [3.8, 4) is 0 Å². The van der Waals surface area contributed by atoms with Gasteiger partial charge in [0, 0.05) is 11.8 Å². The molecule has 1 aromatic rings. The molecule has 0 atom stereocenters. The average Bonchev–Trinajstić information content (AvgIpc) is 2.43. The molecule has 0 amide bonds. The van der Waals surface area contributed by atoms with E-state index in [0.29, 0.717) is 0 Å². The van der Waals surface area contributed by atoms with Gasteiger partial charge >= 0.3 is 0 Å². The van der Waals surface area contributed by atoms with E-state index >= 15 is 0 Å². The Bertz CT molecular complexity index is 176. The number of carbonyl (C=O) groups is 1. The molecule has 3 heteroatoms. The smallest absolute Gasteiger partial charge is 0.300 e. The Morgan fingerprint density at radius 3 is 2.00 bits per heavy atom. The lowest BCUT2D eigenvalue weighted by Gasteiger charge is -1.65. The first kappa shape index (κ1) is 13.7. The van der Waals surface area contributed by atoms with Crippen molar-refractivity contribution in [1.82, 2.24) is 0 Å². The summed E-state index contributed by atoms with van der Waals surface area (Å²) >= 11 is 1.78. The Balaban J connectivity index is 0. The fourth-order valence-corrected chi connectivity index (χ4v) is 0.890. The van der Waals surface area contributed by atoms with Crippen LogP contribution in [0, 0.1) is 6.92 Å². The van der Waals surface area contributed by atoms with Crippen LogP contribution in [0.2, 0.25) is 0 Å². The summed E-state index contributed by atoms with van der Waals surface area (Å²) in [6.07, 6.45) is 0. The number of rotatable bonds is 0. The minimum Gasteiger partial charge on any atom is -0.481 e. The van der Waals surface area contributed by atoms with E-state index < -0.39 is 5.97 Å². The third-order valence-electron chi connectivity index (χ3n) is 0.663. The molecular formula is C9H16O2S. The highest BCUT2D eigenvalue weighted by Crippen LogP contribution is 2.03. The van der Waals surface area contributed by atoms with Crippen LogP contribution in [0.4, 0.5) is 0 Å². The van der Waals surface area contributed by atoms with E-state index in [0.717, 1.165) is 6.92 Å². The number of aliphatic carboxylic acids is 1. The lowest BCUT2D eigenvalue weighted by atomic mass is 10.5. The Kier molecular flexibility index (Phi) is 11.6. The SMILES string of the molecule is CC.CC(=O)O.Cc1cccs1. The van der Waals surface area contributed by atoms with E-state index in [1.54, 1.807) is 11.3 Å². The van der Waals surface area contributed by atoms with Crippen LogP contribution in [0.5, 0.6) is 0 Å². The normalized spacial score (nSPS) is 7.00.